The van der Waals surface area contributed by atoms with Crippen LogP contribution in [-0.2, 0) is 0 Å². The third-order valence-corrected chi connectivity index (χ3v) is 2.24. The zero-order valence-electron chi connectivity index (χ0n) is 10.1. The van der Waals surface area contributed by atoms with Gasteiger partial charge in [0.1, 0.15) is 0 Å². The van der Waals surface area contributed by atoms with E-state index in [1.165, 1.54) is 25.7 Å². The number of hydrogen-bond acceptors (Lipinski definition) is 0. The van der Waals surface area contributed by atoms with Crippen molar-refractivity contribution in [1.82, 2.24) is 0 Å². The lowest BCUT2D eigenvalue weighted by Gasteiger charge is -2.01. The molecule has 0 bridgehead atoms. The second-order valence-electron chi connectivity index (χ2n) is 4.27. The van der Waals surface area contributed by atoms with E-state index in [2.05, 4.69) is 45.1 Å². The lowest BCUT2D eigenvalue weighted by molar-refractivity contribution is 0.540. The Bertz CT molecular complexity index is 151. The van der Waals surface area contributed by atoms with Gasteiger partial charge >= 0.3 is 0 Å². The number of hydrogen-bond donors (Lipinski definition) is 0. The van der Waals surface area contributed by atoms with Crippen LogP contribution in [0.25, 0.3) is 0 Å². The molecule has 0 aliphatic heterocycles. The van der Waals surface area contributed by atoms with Crippen LogP contribution in [0.1, 0.15) is 59.3 Å². The van der Waals surface area contributed by atoms with Crippen LogP contribution in [0.4, 0.5) is 0 Å². The van der Waals surface area contributed by atoms with Gasteiger partial charge in [0.25, 0.3) is 0 Å². The average molecular weight is 194 g/mol. The van der Waals surface area contributed by atoms with Crippen molar-refractivity contribution in [2.75, 3.05) is 0 Å². The third kappa shape index (κ3) is 11.5. The van der Waals surface area contributed by atoms with Gasteiger partial charge in [0.15, 0.2) is 0 Å². The summed E-state index contributed by atoms with van der Waals surface area (Å²) >= 11 is 0. The quantitative estimate of drug-likeness (QED) is 0.372. The van der Waals surface area contributed by atoms with Crippen LogP contribution < -0.4 is 0 Å². The van der Waals surface area contributed by atoms with Gasteiger partial charge in [-0.15, -0.1) is 0 Å². The highest BCUT2D eigenvalue weighted by Crippen LogP contribution is 2.08. The Hall–Kier alpha value is -0.520. The van der Waals surface area contributed by atoms with Gasteiger partial charge in [0.05, 0.1) is 0 Å². The van der Waals surface area contributed by atoms with Gasteiger partial charge in [-0.05, 0) is 31.6 Å². The monoisotopic (exact) mass is 194 g/mol. The Labute approximate surface area is 90.1 Å². The molecular formula is C14H26. The first-order chi connectivity index (χ1) is 6.77. The van der Waals surface area contributed by atoms with Crippen LogP contribution >= 0.6 is 0 Å². The second kappa shape index (κ2) is 10.6. The summed E-state index contributed by atoms with van der Waals surface area (Å²) in [7, 11) is 0. The van der Waals surface area contributed by atoms with Crippen molar-refractivity contribution in [1.29, 1.82) is 0 Å². The SMILES string of the molecule is CC/C=C\C/C=C\CCCCC(C)C. The van der Waals surface area contributed by atoms with Gasteiger partial charge in [-0.3, -0.25) is 0 Å². The van der Waals surface area contributed by atoms with Crippen molar-refractivity contribution in [3.8, 4) is 0 Å². The maximum absolute atomic E-state index is 2.32. The van der Waals surface area contributed by atoms with Crippen LogP contribution in [-0.4, -0.2) is 0 Å². The van der Waals surface area contributed by atoms with E-state index in [9.17, 15) is 0 Å². The van der Waals surface area contributed by atoms with E-state index >= 15 is 0 Å². The van der Waals surface area contributed by atoms with Crippen molar-refractivity contribution >= 4 is 0 Å². The largest absolute Gasteiger partial charge is 0.0885 e. The maximum atomic E-state index is 2.32. The molecule has 0 aromatic rings. The first-order valence-corrected chi connectivity index (χ1v) is 6.07. The normalized spacial score (nSPS) is 12.3. The lowest BCUT2D eigenvalue weighted by Crippen LogP contribution is -1.85. The van der Waals surface area contributed by atoms with Crippen molar-refractivity contribution < 1.29 is 0 Å². The first kappa shape index (κ1) is 13.5. The molecule has 0 saturated carbocycles. The molecule has 0 nitrogen and oxygen atoms in total. The minimum absolute atomic E-state index is 0.867. The summed E-state index contributed by atoms with van der Waals surface area (Å²) in [4.78, 5) is 0. The van der Waals surface area contributed by atoms with Crippen LogP contribution in [0, 0.1) is 5.92 Å². The Kier molecular flexibility index (Phi) is 10.2. The summed E-state index contributed by atoms with van der Waals surface area (Å²) in [6.07, 6.45) is 16.7. The summed E-state index contributed by atoms with van der Waals surface area (Å²) in [5.74, 6) is 0.867. The zero-order chi connectivity index (χ0) is 10.6. The van der Waals surface area contributed by atoms with Crippen molar-refractivity contribution in [2.24, 2.45) is 5.92 Å². The summed E-state index contributed by atoms with van der Waals surface area (Å²) < 4.78 is 0. The molecule has 14 heavy (non-hydrogen) atoms. The second-order valence-corrected chi connectivity index (χ2v) is 4.27. The van der Waals surface area contributed by atoms with Gasteiger partial charge < -0.3 is 0 Å². The molecule has 0 N–H and O–H groups in total. The van der Waals surface area contributed by atoms with E-state index in [1.54, 1.807) is 0 Å². The summed E-state index contributed by atoms with van der Waals surface area (Å²) in [6.45, 7) is 6.77. The minimum atomic E-state index is 0.867. The molecule has 0 aromatic heterocycles. The minimum Gasteiger partial charge on any atom is -0.0885 e. The van der Waals surface area contributed by atoms with Gasteiger partial charge in [-0.1, -0.05) is 57.9 Å². The molecule has 0 heteroatoms. The Balaban J connectivity index is 3.15. The Morgan fingerprint density at radius 1 is 0.929 bits per heavy atom. The summed E-state index contributed by atoms with van der Waals surface area (Å²) in [5.41, 5.74) is 0. The average Bonchev–Trinajstić information content (AvgIpc) is 2.15. The van der Waals surface area contributed by atoms with Crippen molar-refractivity contribution in [3.63, 3.8) is 0 Å². The topological polar surface area (TPSA) is 0 Å². The maximum Gasteiger partial charge on any atom is -0.0169 e. The standard InChI is InChI=1S/C14H26/c1-4-5-6-7-8-9-10-11-12-13-14(2)3/h5-6,8-9,14H,4,7,10-13H2,1-3H3/b6-5-,9-8-. The third-order valence-electron chi connectivity index (χ3n) is 2.24. The molecule has 0 heterocycles. The molecular weight excluding hydrogens is 168 g/mol. The van der Waals surface area contributed by atoms with Gasteiger partial charge in [-0.25, -0.2) is 0 Å². The van der Waals surface area contributed by atoms with Crippen molar-refractivity contribution in [2.45, 2.75) is 59.3 Å². The van der Waals surface area contributed by atoms with Gasteiger partial charge in [0.2, 0.25) is 0 Å². The van der Waals surface area contributed by atoms with E-state index < -0.39 is 0 Å². The Morgan fingerprint density at radius 3 is 2.29 bits per heavy atom. The molecule has 0 aliphatic carbocycles. The highest BCUT2D eigenvalue weighted by molar-refractivity contribution is 4.92. The van der Waals surface area contributed by atoms with Crippen molar-refractivity contribution in [3.05, 3.63) is 24.3 Å². The number of rotatable bonds is 8. The zero-order valence-corrected chi connectivity index (χ0v) is 10.1. The molecule has 0 fully saturated rings. The summed E-state index contributed by atoms with van der Waals surface area (Å²) in [6, 6.07) is 0. The van der Waals surface area contributed by atoms with E-state index in [0.717, 1.165) is 18.8 Å². The number of unbranched alkanes of at least 4 members (excludes halogenated alkanes) is 2. The molecule has 0 radical (unpaired) electrons. The first-order valence-electron chi connectivity index (χ1n) is 6.07. The molecule has 0 rings (SSSR count). The van der Waals surface area contributed by atoms with E-state index in [-0.39, 0.29) is 0 Å². The summed E-state index contributed by atoms with van der Waals surface area (Å²) in [5, 5.41) is 0. The van der Waals surface area contributed by atoms with E-state index in [1.807, 2.05) is 0 Å². The fourth-order valence-electron chi connectivity index (χ4n) is 1.37. The van der Waals surface area contributed by atoms with Crippen LogP contribution in [0.2, 0.25) is 0 Å². The van der Waals surface area contributed by atoms with Gasteiger partial charge in [-0.2, -0.15) is 0 Å². The molecule has 0 saturated heterocycles. The fourth-order valence-corrected chi connectivity index (χ4v) is 1.37. The van der Waals surface area contributed by atoms with E-state index in [0.29, 0.717) is 0 Å². The molecule has 82 valence electrons. The lowest BCUT2D eigenvalue weighted by atomic mass is 10.1. The van der Waals surface area contributed by atoms with Gasteiger partial charge in [0, 0.05) is 0 Å². The predicted octanol–water partition coefficient (Wildman–Crippen LogP) is 5.12. The number of allylic oxidation sites excluding steroid dienone is 4. The molecule has 0 aromatic carbocycles. The highest BCUT2D eigenvalue weighted by Gasteiger charge is 1.91. The molecule has 0 amide bonds. The predicted molar refractivity (Wildman–Crippen MR) is 66.5 cm³/mol. The highest BCUT2D eigenvalue weighted by atomic mass is 14.0. The Morgan fingerprint density at radius 2 is 1.64 bits per heavy atom. The van der Waals surface area contributed by atoms with Crippen LogP contribution in [0.5, 0.6) is 0 Å². The molecule has 0 spiro atoms. The molecule has 0 atom stereocenters. The smallest absolute Gasteiger partial charge is 0.0169 e. The van der Waals surface area contributed by atoms with Crippen LogP contribution in [0.3, 0.4) is 0 Å². The van der Waals surface area contributed by atoms with Crippen LogP contribution in [0.15, 0.2) is 24.3 Å². The molecule has 0 unspecified atom stereocenters. The van der Waals surface area contributed by atoms with E-state index in [4.69, 9.17) is 0 Å². The fraction of sp³-hybridized carbons (Fsp3) is 0.714. The molecule has 0 aliphatic rings.